The molecule has 0 aliphatic heterocycles. The molecule has 0 atom stereocenters. The van der Waals surface area contributed by atoms with Crippen LogP contribution in [0.4, 0.5) is 0 Å². The summed E-state index contributed by atoms with van der Waals surface area (Å²) in [5, 5.41) is 1.44. The fraction of sp³-hybridized carbons (Fsp3) is 0.571. The van der Waals surface area contributed by atoms with Gasteiger partial charge in [-0.25, -0.2) is 0 Å². The van der Waals surface area contributed by atoms with Crippen molar-refractivity contribution in [1.82, 2.24) is 0 Å². The highest BCUT2D eigenvalue weighted by molar-refractivity contribution is 6.33. The van der Waals surface area contributed by atoms with Gasteiger partial charge in [0.15, 0.2) is 0 Å². The molecule has 1 aromatic carbocycles. The average molecular weight is 272 g/mol. The molecule has 0 heterocycles. The van der Waals surface area contributed by atoms with Crippen molar-refractivity contribution in [1.29, 1.82) is 0 Å². The Kier molecular flexibility index (Phi) is 3.46. The highest BCUT2D eigenvalue weighted by atomic mass is 35.5. The lowest BCUT2D eigenvalue weighted by Gasteiger charge is -2.42. The van der Waals surface area contributed by atoms with Crippen LogP contribution in [0.25, 0.3) is 0 Å². The summed E-state index contributed by atoms with van der Waals surface area (Å²) < 4.78 is 0. The zero-order valence-corrected chi connectivity index (χ0v) is 11.9. The van der Waals surface area contributed by atoms with Crippen molar-refractivity contribution in [2.45, 2.75) is 45.1 Å². The molecule has 0 saturated heterocycles. The second kappa shape index (κ2) is 4.46. The van der Waals surface area contributed by atoms with Crippen LogP contribution in [0.1, 0.15) is 45.1 Å². The van der Waals surface area contributed by atoms with E-state index in [9.17, 15) is 0 Å². The summed E-state index contributed by atoms with van der Waals surface area (Å²) in [7, 11) is 0. The Bertz CT molecular complexity index is 416. The summed E-state index contributed by atoms with van der Waals surface area (Å²) >= 11 is 12.3. The van der Waals surface area contributed by atoms with Crippen molar-refractivity contribution in [3.63, 3.8) is 0 Å². The minimum absolute atomic E-state index is 0.308. The molecule has 0 unspecified atom stereocenters. The lowest BCUT2D eigenvalue weighted by atomic mass is 9.67. The van der Waals surface area contributed by atoms with Gasteiger partial charge >= 0.3 is 0 Å². The first kappa shape index (κ1) is 13.2. The Morgan fingerprint density at radius 1 is 1.06 bits per heavy atom. The summed E-state index contributed by atoms with van der Waals surface area (Å²) in [5.41, 5.74) is 7.62. The van der Waals surface area contributed by atoms with Crippen LogP contribution in [-0.2, 0) is 5.54 Å². The third-order valence-electron chi connectivity index (χ3n) is 3.96. The van der Waals surface area contributed by atoms with Crippen molar-refractivity contribution >= 4 is 23.2 Å². The zero-order valence-electron chi connectivity index (χ0n) is 10.4. The first-order valence-corrected chi connectivity index (χ1v) is 6.82. The molecule has 0 aromatic heterocycles. The Labute approximate surface area is 113 Å². The van der Waals surface area contributed by atoms with Gasteiger partial charge in [0.05, 0.1) is 0 Å². The predicted octanol–water partition coefficient (Wildman–Crippen LogP) is 4.75. The zero-order chi connectivity index (χ0) is 12.7. The van der Waals surface area contributed by atoms with E-state index in [1.54, 1.807) is 0 Å². The van der Waals surface area contributed by atoms with E-state index in [2.05, 4.69) is 13.8 Å². The smallest absolute Gasteiger partial charge is 0.0457 e. The van der Waals surface area contributed by atoms with Gasteiger partial charge in [0.1, 0.15) is 0 Å². The van der Waals surface area contributed by atoms with E-state index in [0.717, 1.165) is 36.3 Å². The first-order chi connectivity index (χ1) is 7.82. The van der Waals surface area contributed by atoms with Crippen LogP contribution in [0.3, 0.4) is 0 Å². The van der Waals surface area contributed by atoms with E-state index < -0.39 is 0 Å². The minimum Gasteiger partial charge on any atom is -0.321 e. The number of hydrogen-bond acceptors (Lipinski definition) is 1. The van der Waals surface area contributed by atoms with Gasteiger partial charge in [-0.1, -0.05) is 37.0 Å². The topological polar surface area (TPSA) is 26.0 Å². The van der Waals surface area contributed by atoms with Crippen molar-refractivity contribution in [2.24, 2.45) is 11.1 Å². The molecular formula is C14H19Cl2N. The van der Waals surface area contributed by atoms with Crippen LogP contribution in [0.2, 0.25) is 10.0 Å². The maximum absolute atomic E-state index is 6.53. The third kappa shape index (κ3) is 2.78. The molecule has 1 saturated carbocycles. The Balaban J connectivity index is 2.30. The van der Waals surface area contributed by atoms with Crippen LogP contribution in [0.5, 0.6) is 0 Å². The molecule has 3 heteroatoms. The third-order valence-corrected chi connectivity index (χ3v) is 4.53. The molecule has 1 fully saturated rings. The molecule has 0 bridgehead atoms. The normalized spacial score (nSPS) is 22.4. The lowest BCUT2D eigenvalue weighted by molar-refractivity contribution is 0.165. The van der Waals surface area contributed by atoms with Gasteiger partial charge in [-0.2, -0.15) is 0 Å². The molecule has 0 spiro atoms. The minimum atomic E-state index is -0.308. The van der Waals surface area contributed by atoms with Gasteiger partial charge in [0.25, 0.3) is 0 Å². The van der Waals surface area contributed by atoms with Gasteiger partial charge in [-0.15, -0.1) is 0 Å². The molecule has 17 heavy (non-hydrogen) atoms. The number of nitrogens with two attached hydrogens (primary N) is 1. The molecular weight excluding hydrogens is 253 g/mol. The lowest BCUT2D eigenvalue weighted by Crippen LogP contribution is -2.42. The highest BCUT2D eigenvalue weighted by Crippen LogP contribution is 2.45. The van der Waals surface area contributed by atoms with Crippen molar-refractivity contribution in [2.75, 3.05) is 0 Å². The largest absolute Gasteiger partial charge is 0.321 e. The molecule has 1 aliphatic carbocycles. The maximum atomic E-state index is 6.53. The fourth-order valence-corrected chi connectivity index (χ4v) is 3.00. The predicted molar refractivity (Wildman–Crippen MR) is 74.6 cm³/mol. The van der Waals surface area contributed by atoms with Gasteiger partial charge in [-0.3, -0.25) is 0 Å². The number of halogens is 2. The second-order valence-electron chi connectivity index (χ2n) is 5.94. The van der Waals surface area contributed by atoms with E-state index >= 15 is 0 Å². The molecule has 0 amide bonds. The van der Waals surface area contributed by atoms with Crippen LogP contribution in [0, 0.1) is 5.41 Å². The van der Waals surface area contributed by atoms with Crippen LogP contribution < -0.4 is 5.73 Å². The molecule has 1 aromatic rings. The van der Waals surface area contributed by atoms with Crippen LogP contribution in [0.15, 0.2) is 18.2 Å². The maximum Gasteiger partial charge on any atom is 0.0457 e. The summed E-state index contributed by atoms with van der Waals surface area (Å²) in [6, 6.07) is 5.57. The van der Waals surface area contributed by atoms with Crippen molar-refractivity contribution in [3.05, 3.63) is 33.8 Å². The Morgan fingerprint density at radius 3 is 2.24 bits per heavy atom. The summed E-state index contributed by atoms with van der Waals surface area (Å²) in [6.07, 6.45) is 4.21. The van der Waals surface area contributed by atoms with Crippen molar-refractivity contribution in [3.8, 4) is 0 Å². The fourth-order valence-electron chi connectivity index (χ4n) is 2.52. The monoisotopic (exact) mass is 271 g/mol. The highest BCUT2D eigenvalue weighted by Gasteiger charge is 2.37. The van der Waals surface area contributed by atoms with E-state index in [0.29, 0.717) is 10.4 Å². The molecule has 94 valence electrons. The molecule has 2 rings (SSSR count). The number of benzene rings is 1. The first-order valence-electron chi connectivity index (χ1n) is 6.07. The Morgan fingerprint density at radius 2 is 1.65 bits per heavy atom. The van der Waals surface area contributed by atoms with Crippen molar-refractivity contribution < 1.29 is 0 Å². The average Bonchev–Trinajstić information content (AvgIpc) is 2.26. The molecule has 0 radical (unpaired) electrons. The van der Waals surface area contributed by atoms with Gasteiger partial charge in [0, 0.05) is 15.6 Å². The Hall–Kier alpha value is -0.240. The summed E-state index contributed by atoms with van der Waals surface area (Å²) in [5.74, 6) is 0. The molecule has 1 aliphatic rings. The van der Waals surface area contributed by atoms with E-state index in [4.69, 9.17) is 28.9 Å². The van der Waals surface area contributed by atoms with Gasteiger partial charge in [-0.05, 0) is 54.9 Å². The SMILES string of the molecule is CC1(C)CCC(N)(c2cc(Cl)ccc2Cl)CC1. The standard InChI is InChI=1S/C14H19Cl2N/c1-13(2)5-7-14(17,8-6-13)11-9-10(15)3-4-12(11)16/h3-4,9H,5-8,17H2,1-2H3. The van der Waals surface area contributed by atoms with Gasteiger partial charge in [0.2, 0.25) is 0 Å². The molecule has 2 N–H and O–H groups in total. The van der Waals surface area contributed by atoms with E-state index in [-0.39, 0.29) is 5.54 Å². The number of rotatable bonds is 1. The second-order valence-corrected chi connectivity index (χ2v) is 6.79. The van der Waals surface area contributed by atoms with Crippen LogP contribution >= 0.6 is 23.2 Å². The summed E-state index contributed by atoms with van der Waals surface area (Å²) in [6.45, 7) is 4.60. The van der Waals surface area contributed by atoms with E-state index in [1.165, 1.54) is 0 Å². The summed E-state index contributed by atoms with van der Waals surface area (Å²) in [4.78, 5) is 0. The molecule has 1 nitrogen and oxygen atoms in total. The van der Waals surface area contributed by atoms with E-state index in [1.807, 2.05) is 18.2 Å². The quantitative estimate of drug-likeness (QED) is 0.784. The van der Waals surface area contributed by atoms with Crippen LogP contribution in [-0.4, -0.2) is 0 Å². The van der Waals surface area contributed by atoms with Gasteiger partial charge < -0.3 is 5.73 Å². The number of hydrogen-bond donors (Lipinski definition) is 1.